The molecule has 3 N–H and O–H groups in total. The average molecular weight is 440 g/mol. The molecular formula is C19H26ClN5O5. The summed E-state index contributed by atoms with van der Waals surface area (Å²) in [4.78, 5) is 24.7. The number of anilines is 2. The Balaban J connectivity index is 1.80. The predicted molar refractivity (Wildman–Crippen MR) is 113 cm³/mol. The number of carbonyl (C=O) groups excluding carboxylic acids is 1. The van der Waals surface area contributed by atoms with Crippen LogP contribution < -0.4 is 20.1 Å². The largest absolute Gasteiger partial charge is 0.491 e. The molecule has 2 aromatic rings. The lowest BCUT2D eigenvalue weighted by molar-refractivity contribution is -0.00415. The first kappa shape index (κ1) is 22.0. The van der Waals surface area contributed by atoms with E-state index in [1.54, 1.807) is 24.8 Å². The van der Waals surface area contributed by atoms with Gasteiger partial charge in [-0.05, 0) is 19.9 Å². The van der Waals surface area contributed by atoms with Crippen molar-refractivity contribution in [2.24, 2.45) is 0 Å². The van der Waals surface area contributed by atoms with Gasteiger partial charge in [0.15, 0.2) is 11.5 Å². The molecule has 1 aliphatic rings. The summed E-state index contributed by atoms with van der Waals surface area (Å²) >= 11 is 6.26. The Morgan fingerprint density at radius 1 is 1.20 bits per heavy atom. The number of fused-ring (bicyclic) bond motifs is 1. The molecule has 1 aliphatic heterocycles. The zero-order valence-corrected chi connectivity index (χ0v) is 18.2. The van der Waals surface area contributed by atoms with Crippen molar-refractivity contribution in [3.8, 4) is 11.5 Å². The van der Waals surface area contributed by atoms with Crippen molar-refractivity contribution in [1.82, 2.24) is 14.9 Å². The number of methoxy groups -OCH3 is 2. The topological polar surface area (TPSA) is 123 Å². The molecule has 1 fully saturated rings. The molecule has 30 heavy (non-hydrogen) atoms. The minimum absolute atomic E-state index is 0.0689. The third kappa shape index (κ3) is 4.54. The fourth-order valence-corrected chi connectivity index (χ4v) is 3.41. The number of piperazine rings is 1. The first-order valence-electron chi connectivity index (χ1n) is 9.41. The van der Waals surface area contributed by atoms with Gasteiger partial charge in [0.2, 0.25) is 5.95 Å². The van der Waals surface area contributed by atoms with E-state index in [1.165, 1.54) is 14.2 Å². The number of nitrogens with zero attached hydrogens (tertiary/aromatic N) is 4. The average Bonchev–Trinajstić information content (AvgIpc) is 2.71. The lowest BCUT2D eigenvalue weighted by Crippen LogP contribution is -2.50. The summed E-state index contributed by atoms with van der Waals surface area (Å²) in [5.74, 6) is 1.44. The molecule has 164 valence electrons. The Bertz CT molecular complexity index is 941. The number of amides is 1. The van der Waals surface area contributed by atoms with Crippen molar-refractivity contribution in [3.05, 3.63) is 11.1 Å². The maximum Gasteiger partial charge on any atom is 0.409 e. The van der Waals surface area contributed by atoms with Crippen molar-refractivity contribution in [2.45, 2.75) is 19.4 Å². The second-order valence-corrected chi connectivity index (χ2v) is 7.98. The van der Waals surface area contributed by atoms with E-state index in [0.717, 1.165) is 0 Å². The lowest BCUT2D eigenvalue weighted by Gasteiger charge is -2.34. The first-order valence-corrected chi connectivity index (χ1v) is 9.79. The Morgan fingerprint density at radius 3 is 2.40 bits per heavy atom. The van der Waals surface area contributed by atoms with Crippen LogP contribution in [0.15, 0.2) is 6.07 Å². The summed E-state index contributed by atoms with van der Waals surface area (Å²) < 4.78 is 16.0. The molecule has 0 atom stereocenters. The highest BCUT2D eigenvalue weighted by molar-refractivity contribution is 6.33. The van der Waals surface area contributed by atoms with Gasteiger partial charge >= 0.3 is 6.09 Å². The predicted octanol–water partition coefficient (Wildman–Crippen LogP) is 1.91. The number of benzene rings is 1. The molecule has 0 radical (unpaired) electrons. The SMILES string of the molecule is COc1c(Cl)cc2c(N)nc(N3CCN(C(=O)OCC(C)(C)O)CC3)nc2c1OC. The quantitative estimate of drug-likeness (QED) is 0.718. The van der Waals surface area contributed by atoms with Gasteiger partial charge in [0.25, 0.3) is 0 Å². The van der Waals surface area contributed by atoms with Crippen LogP contribution in [0.1, 0.15) is 13.8 Å². The zero-order valence-electron chi connectivity index (χ0n) is 17.4. The number of hydrogen-bond donors (Lipinski definition) is 2. The van der Waals surface area contributed by atoms with E-state index < -0.39 is 11.7 Å². The maximum atomic E-state index is 12.2. The van der Waals surface area contributed by atoms with E-state index in [1.807, 2.05) is 4.90 Å². The van der Waals surface area contributed by atoms with Gasteiger partial charge in [0.05, 0.1) is 24.8 Å². The standard InChI is InChI=1S/C19H26ClN5O5/c1-19(2,27)10-30-18(26)25-7-5-24(6-8-25)17-22-13-11(16(21)23-17)9-12(20)14(28-3)15(13)29-4/h9,27H,5-8,10H2,1-4H3,(H2,21,22,23). The van der Waals surface area contributed by atoms with Crippen LogP contribution in [0.2, 0.25) is 5.02 Å². The molecule has 2 heterocycles. The van der Waals surface area contributed by atoms with E-state index in [4.69, 9.17) is 31.5 Å². The summed E-state index contributed by atoms with van der Waals surface area (Å²) in [7, 11) is 3.00. The summed E-state index contributed by atoms with van der Waals surface area (Å²) in [6, 6.07) is 1.65. The van der Waals surface area contributed by atoms with Crippen molar-refractivity contribution >= 4 is 40.4 Å². The molecule has 0 bridgehead atoms. The molecule has 0 spiro atoms. The van der Waals surface area contributed by atoms with Crippen LogP contribution in [0.25, 0.3) is 10.9 Å². The minimum atomic E-state index is -1.07. The van der Waals surface area contributed by atoms with Crippen molar-refractivity contribution in [2.75, 3.05) is 57.6 Å². The molecule has 1 amide bonds. The summed E-state index contributed by atoms with van der Waals surface area (Å²) in [5.41, 5.74) is 5.58. The summed E-state index contributed by atoms with van der Waals surface area (Å²) in [6.07, 6.45) is -0.461. The summed E-state index contributed by atoms with van der Waals surface area (Å²) in [5, 5.41) is 10.6. The second-order valence-electron chi connectivity index (χ2n) is 7.57. The molecule has 0 saturated carbocycles. The van der Waals surface area contributed by atoms with E-state index in [-0.39, 0.29) is 12.4 Å². The van der Waals surface area contributed by atoms with Gasteiger partial charge in [-0.2, -0.15) is 4.98 Å². The van der Waals surface area contributed by atoms with Crippen LogP contribution in [0.5, 0.6) is 11.5 Å². The molecule has 1 saturated heterocycles. The van der Waals surface area contributed by atoms with Gasteiger partial charge in [-0.25, -0.2) is 9.78 Å². The van der Waals surface area contributed by atoms with Crippen LogP contribution in [0.3, 0.4) is 0 Å². The summed E-state index contributed by atoms with van der Waals surface area (Å²) in [6.45, 7) is 4.93. The van der Waals surface area contributed by atoms with Gasteiger partial charge in [0, 0.05) is 31.6 Å². The zero-order chi connectivity index (χ0) is 22.1. The lowest BCUT2D eigenvalue weighted by atomic mass is 10.2. The third-order valence-corrected chi connectivity index (χ3v) is 4.93. The van der Waals surface area contributed by atoms with Gasteiger partial charge in [-0.15, -0.1) is 0 Å². The van der Waals surface area contributed by atoms with Crippen molar-refractivity contribution < 1.29 is 24.1 Å². The fraction of sp³-hybridized carbons (Fsp3) is 0.526. The van der Waals surface area contributed by atoms with Crippen molar-refractivity contribution in [1.29, 1.82) is 0 Å². The number of carbonyl (C=O) groups is 1. The van der Waals surface area contributed by atoms with E-state index in [9.17, 15) is 9.90 Å². The van der Waals surface area contributed by atoms with Crippen LogP contribution in [-0.4, -0.2) is 78.7 Å². The molecule has 0 aliphatic carbocycles. The third-order valence-electron chi connectivity index (χ3n) is 4.65. The first-order chi connectivity index (χ1) is 14.1. The van der Waals surface area contributed by atoms with Crippen LogP contribution in [0.4, 0.5) is 16.6 Å². The molecule has 11 heteroatoms. The fourth-order valence-electron chi connectivity index (χ4n) is 3.14. The van der Waals surface area contributed by atoms with E-state index >= 15 is 0 Å². The van der Waals surface area contributed by atoms with Gasteiger partial charge in [0.1, 0.15) is 17.9 Å². The highest BCUT2D eigenvalue weighted by Gasteiger charge is 2.27. The Morgan fingerprint density at radius 2 is 1.83 bits per heavy atom. The van der Waals surface area contributed by atoms with Crippen molar-refractivity contribution in [3.63, 3.8) is 0 Å². The highest BCUT2D eigenvalue weighted by Crippen LogP contribution is 2.42. The van der Waals surface area contributed by atoms with E-state index in [0.29, 0.717) is 59.6 Å². The number of aromatic nitrogens is 2. The molecule has 1 aromatic carbocycles. The number of nitrogens with two attached hydrogens (primary N) is 1. The van der Waals surface area contributed by atoms with Gasteiger partial charge in [-0.1, -0.05) is 11.6 Å². The normalized spacial score (nSPS) is 14.7. The number of ether oxygens (including phenoxy) is 3. The highest BCUT2D eigenvalue weighted by atomic mass is 35.5. The van der Waals surface area contributed by atoms with Crippen LogP contribution in [0, 0.1) is 0 Å². The maximum absolute atomic E-state index is 12.2. The van der Waals surface area contributed by atoms with Crippen LogP contribution >= 0.6 is 11.6 Å². The number of nitrogen functional groups attached to an aromatic ring is 1. The van der Waals surface area contributed by atoms with Gasteiger partial charge in [-0.3, -0.25) is 0 Å². The molecule has 1 aromatic heterocycles. The number of rotatable bonds is 5. The Labute approximate surface area is 179 Å². The smallest absolute Gasteiger partial charge is 0.409 e. The monoisotopic (exact) mass is 439 g/mol. The minimum Gasteiger partial charge on any atom is -0.491 e. The van der Waals surface area contributed by atoms with Gasteiger partial charge < -0.3 is 34.9 Å². The molecule has 0 unspecified atom stereocenters. The van der Waals surface area contributed by atoms with Crippen LogP contribution in [-0.2, 0) is 4.74 Å². The Kier molecular flexibility index (Phi) is 6.27. The molecular weight excluding hydrogens is 414 g/mol. The van der Waals surface area contributed by atoms with E-state index in [2.05, 4.69) is 9.97 Å². The molecule has 3 rings (SSSR count). The molecule has 10 nitrogen and oxygen atoms in total. The second kappa shape index (κ2) is 8.57. The Hall–Kier alpha value is -2.72. The number of aliphatic hydroxyl groups is 1. The number of halogens is 1. The number of hydrogen-bond acceptors (Lipinski definition) is 9.